The summed E-state index contributed by atoms with van der Waals surface area (Å²) in [6.07, 6.45) is 1.25. The molecule has 1 aromatic carbocycles. The van der Waals surface area contributed by atoms with Crippen LogP contribution in [0.1, 0.15) is 30.3 Å². The number of hydrogen-bond acceptors (Lipinski definition) is 2. The summed E-state index contributed by atoms with van der Waals surface area (Å²) in [7, 11) is 0. The zero-order valence-corrected chi connectivity index (χ0v) is 12.7. The third kappa shape index (κ3) is 3.62. The Hall–Kier alpha value is -2.30. The van der Waals surface area contributed by atoms with E-state index in [2.05, 4.69) is 17.2 Å². The number of anilines is 1. The van der Waals surface area contributed by atoms with E-state index in [1.54, 1.807) is 4.57 Å². The zero-order chi connectivity index (χ0) is 15.4. The van der Waals surface area contributed by atoms with Crippen molar-refractivity contribution in [3.63, 3.8) is 0 Å². The van der Waals surface area contributed by atoms with Gasteiger partial charge in [-0.25, -0.2) is 4.79 Å². The largest absolute Gasteiger partial charge is 0.326 e. The summed E-state index contributed by atoms with van der Waals surface area (Å²) in [4.78, 5) is 26.3. The van der Waals surface area contributed by atoms with E-state index in [-0.39, 0.29) is 18.0 Å². The van der Waals surface area contributed by atoms with Crippen LogP contribution in [0.4, 0.5) is 5.69 Å². The molecular weight excluding hydrogens is 266 g/mol. The van der Waals surface area contributed by atoms with Crippen LogP contribution in [0.15, 0.2) is 29.1 Å². The third-order valence-electron chi connectivity index (χ3n) is 3.70. The van der Waals surface area contributed by atoms with Crippen molar-refractivity contribution in [3.05, 3.63) is 51.7 Å². The summed E-state index contributed by atoms with van der Waals surface area (Å²) in [6.45, 7) is 6.19. The molecular formula is C16H21N3O2. The Balaban J connectivity index is 1.94. The predicted octanol–water partition coefficient (Wildman–Crippen LogP) is 2.38. The Kier molecular flexibility index (Phi) is 4.62. The SMILES string of the molecule is CCc1ccc(NC(=O)CCn2c(C)c(C)[nH]c2=O)cc1. The van der Waals surface area contributed by atoms with Gasteiger partial charge < -0.3 is 10.3 Å². The van der Waals surface area contributed by atoms with Gasteiger partial charge in [-0.2, -0.15) is 0 Å². The molecule has 0 aliphatic heterocycles. The molecule has 0 saturated carbocycles. The maximum absolute atomic E-state index is 11.9. The Bertz CT molecular complexity index is 681. The summed E-state index contributed by atoms with van der Waals surface area (Å²) >= 11 is 0. The fourth-order valence-corrected chi connectivity index (χ4v) is 2.20. The van der Waals surface area contributed by atoms with Gasteiger partial charge in [-0.1, -0.05) is 19.1 Å². The fraction of sp³-hybridized carbons (Fsp3) is 0.375. The Labute approximate surface area is 124 Å². The normalized spacial score (nSPS) is 10.6. The van der Waals surface area contributed by atoms with Gasteiger partial charge in [0, 0.05) is 30.0 Å². The number of H-pyrrole nitrogens is 1. The van der Waals surface area contributed by atoms with Crippen molar-refractivity contribution in [1.82, 2.24) is 9.55 Å². The molecule has 1 amide bonds. The number of aromatic nitrogens is 2. The van der Waals surface area contributed by atoms with E-state index in [1.165, 1.54) is 5.56 Å². The van der Waals surface area contributed by atoms with E-state index >= 15 is 0 Å². The number of aryl methyl sites for hydroxylation is 2. The van der Waals surface area contributed by atoms with Crippen LogP contribution in [0.25, 0.3) is 0 Å². The lowest BCUT2D eigenvalue weighted by molar-refractivity contribution is -0.116. The molecule has 0 bridgehead atoms. The highest BCUT2D eigenvalue weighted by Gasteiger charge is 2.09. The van der Waals surface area contributed by atoms with Gasteiger partial charge >= 0.3 is 5.69 Å². The highest BCUT2D eigenvalue weighted by molar-refractivity contribution is 5.90. The second-order valence-electron chi connectivity index (χ2n) is 5.14. The van der Waals surface area contributed by atoms with Gasteiger partial charge in [0.1, 0.15) is 0 Å². The third-order valence-corrected chi connectivity index (χ3v) is 3.70. The van der Waals surface area contributed by atoms with Crippen LogP contribution in [0.3, 0.4) is 0 Å². The highest BCUT2D eigenvalue weighted by atomic mass is 16.2. The minimum absolute atomic E-state index is 0.0931. The van der Waals surface area contributed by atoms with Gasteiger partial charge in [-0.05, 0) is 38.0 Å². The molecule has 0 fully saturated rings. The first kappa shape index (κ1) is 15.1. The molecule has 0 radical (unpaired) electrons. The molecule has 21 heavy (non-hydrogen) atoms. The second kappa shape index (κ2) is 6.43. The zero-order valence-electron chi connectivity index (χ0n) is 12.7. The maximum Gasteiger partial charge on any atom is 0.325 e. The number of carbonyl (C=O) groups excluding carboxylic acids is 1. The average Bonchev–Trinajstić information content (AvgIpc) is 2.71. The molecule has 112 valence electrons. The molecule has 1 aromatic heterocycles. The summed E-state index contributed by atoms with van der Waals surface area (Å²) < 4.78 is 1.59. The van der Waals surface area contributed by atoms with Crippen LogP contribution in [0.2, 0.25) is 0 Å². The van der Waals surface area contributed by atoms with E-state index in [4.69, 9.17) is 0 Å². The molecule has 1 heterocycles. The van der Waals surface area contributed by atoms with Crippen molar-refractivity contribution >= 4 is 11.6 Å². The lowest BCUT2D eigenvalue weighted by Crippen LogP contribution is -2.22. The second-order valence-corrected chi connectivity index (χ2v) is 5.14. The molecule has 0 spiro atoms. The van der Waals surface area contributed by atoms with Crippen LogP contribution in [-0.4, -0.2) is 15.5 Å². The quantitative estimate of drug-likeness (QED) is 0.886. The van der Waals surface area contributed by atoms with Gasteiger partial charge in [0.05, 0.1) is 0 Å². The molecule has 5 heteroatoms. The number of carbonyl (C=O) groups is 1. The Morgan fingerprint density at radius 3 is 2.43 bits per heavy atom. The molecule has 2 aromatic rings. The van der Waals surface area contributed by atoms with Crippen molar-refractivity contribution in [2.24, 2.45) is 0 Å². The molecule has 0 aliphatic rings. The van der Waals surface area contributed by atoms with Gasteiger partial charge in [-0.15, -0.1) is 0 Å². The van der Waals surface area contributed by atoms with Crippen LogP contribution < -0.4 is 11.0 Å². The van der Waals surface area contributed by atoms with Gasteiger partial charge in [-0.3, -0.25) is 9.36 Å². The minimum Gasteiger partial charge on any atom is -0.326 e. The number of amides is 1. The van der Waals surface area contributed by atoms with E-state index in [9.17, 15) is 9.59 Å². The topological polar surface area (TPSA) is 66.9 Å². The van der Waals surface area contributed by atoms with Crippen LogP contribution in [-0.2, 0) is 17.8 Å². The molecule has 0 atom stereocenters. The van der Waals surface area contributed by atoms with E-state index < -0.39 is 0 Å². The molecule has 0 aliphatic carbocycles. The van der Waals surface area contributed by atoms with Crippen molar-refractivity contribution in [1.29, 1.82) is 0 Å². The van der Waals surface area contributed by atoms with Crippen molar-refractivity contribution < 1.29 is 4.79 Å². The van der Waals surface area contributed by atoms with Crippen LogP contribution >= 0.6 is 0 Å². The molecule has 2 N–H and O–H groups in total. The Morgan fingerprint density at radius 1 is 1.24 bits per heavy atom. The highest BCUT2D eigenvalue weighted by Crippen LogP contribution is 2.10. The number of nitrogens with zero attached hydrogens (tertiary/aromatic N) is 1. The van der Waals surface area contributed by atoms with E-state index in [0.29, 0.717) is 6.54 Å². The number of rotatable bonds is 5. The van der Waals surface area contributed by atoms with E-state index in [1.807, 2.05) is 38.1 Å². The minimum atomic E-state index is -0.162. The van der Waals surface area contributed by atoms with Crippen LogP contribution in [0, 0.1) is 13.8 Å². The van der Waals surface area contributed by atoms with Gasteiger partial charge in [0.25, 0.3) is 0 Å². The number of imidazole rings is 1. The number of benzene rings is 1. The van der Waals surface area contributed by atoms with Gasteiger partial charge in [0.15, 0.2) is 0 Å². The Morgan fingerprint density at radius 2 is 1.90 bits per heavy atom. The fourth-order valence-electron chi connectivity index (χ4n) is 2.20. The van der Waals surface area contributed by atoms with Crippen molar-refractivity contribution in [2.75, 3.05) is 5.32 Å². The molecule has 0 unspecified atom stereocenters. The van der Waals surface area contributed by atoms with E-state index in [0.717, 1.165) is 23.5 Å². The first-order chi connectivity index (χ1) is 10.0. The van der Waals surface area contributed by atoms with Crippen molar-refractivity contribution in [2.45, 2.75) is 40.2 Å². The smallest absolute Gasteiger partial charge is 0.325 e. The summed E-state index contributed by atoms with van der Waals surface area (Å²) in [5.74, 6) is -0.0931. The lowest BCUT2D eigenvalue weighted by atomic mass is 10.1. The number of hydrogen-bond donors (Lipinski definition) is 2. The first-order valence-electron chi connectivity index (χ1n) is 7.16. The number of nitrogens with one attached hydrogen (secondary N) is 2. The first-order valence-corrected chi connectivity index (χ1v) is 7.16. The molecule has 5 nitrogen and oxygen atoms in total. The standard InChI is InChI=1S/C16H21N3O2/c1-4-13-5-7-14(8-6-13)18-15(20)9-10-19-12(3)11(2)17-16(19)21/h5-8H,4,9-10H2,1-3H3,(H,17,21)(H,18,20). The predicted molar refractivity (Wildman–Crippen MR) is 83.6 cm³/mol. The maximum atomic E-state index is 11.9. The van der Waals surface area contributed by atoms with Crippen molar-refractivity contribution in [3.8, 4) is 0 Å². The lowest BCUT2D eigenvalue weighted by Gasteiger charge is -2.07. The molecule has 0 saturated heterocycles. The summed E-state index contributed by atoms with van der Waals surface area (Å²) in [5, 5.41) is 2.84. The molecule has 2 rings (SSSR count). The monoisotopic (exact) mass is 287 g/mol. The summed E-state index contributed by atoms with van der Waals surface area (Å²) in [6, 6.07) is 7.79. The van der Waals surface area contributed by atoms with Crippen LogP contribution in [0.5, 0.6) is 0 Å². The summed E-state index contributed by atoms with van der Waals surface area (Å²) in [5.41, 5.74) is 3.57. The number of aromatic amines is 1. The average molecular weight is 287 g/mol. The van der Waals surface area contributed by atoms with Gasteiger partial charge in [0.2, 0.25) is 5.91 Å².